The molecule has 0 spiro atoms. The normalized spacial score (nSPS) is 12.5. The molecule has 0 aliphatic carbocycles. The van der Waals surface area contributed by atoms with E-state index >= 15 is 0 Å². The molecule has 1 heterocycles. The Hall–Kier alpha value is -1.84. The number of rotatable bonds is 4. The molecule has 3 rings (SSSR count). The van der Waals surface area contributed by atoms with Gasteiger partial charge < -0.3 is 5.73 Å². The van der Waals surface area contributed by atoms with Crippen LogP contribution in [0.2, 0.25) is 0 Å². The van der Waals surface area contributed by atoms with Crippen LogP contribution in [0.3, 0.4) is 0 Å². The fourth-order valence-electron chi connectivity index (χ4n) is 2.31. The molecular weight excluding hydrogens is 276 g/mol. The number of aryl methyl sites for hydroxylation is 1. The zero-order valence-corrected chi connectivity index (χ0v) is 12.8. The molecule has 0 aliphatic rings. The Bertz CT molecular complexity index is 755. The predicted octanol–water partition coefficient (Wildman–Crippen LogP) is 4.34. The van der Waals surface area contributed by atoms with Crippen LogP contribution in [0.1, 0.15) is 17.2 Å². The van der Waals surface area contributed by atoms with Crippen LogP contribution in [-0.2, 0) is 0 Å². The number of thioether (sulfide) groups is 1. The van der Waals surface area contributed by atoms with E-state index in [1.54, 1.807) is 11.8 Å². The predicted molar refractivity (Wildman–Crippen MR) is 90.6 cm³/mol. The Morgan fingerprint density at radius 1 is 1.10 bits per heavy atom. The lowest BCUT2D eigenvalue weighted by atomic mass is 10.1. The van der Waals surface area contributed by atoms with E-state index < -0.39 is 0 Å². The molecule has 1 unspecified atom stereocenters. The minimum absolute atomic E-state index is 0.0279. The Labute approximate surface area is 129 Å². The standard InChI is InChI=1S/C18H18N2S/c1-13-4-2-6-16(10-13)21-12-17(19)14-7-8-18-15(11-14)5-3-9-20-18/h2-11,17H,12,19H2,1H3. The molecule has 3 heteroatoms. The van der Waals surface area contributed by atoms with Gasteiger partial charge in [-0.2, -0.15) is 0 Å². The highest BCUT2D eigenvalue weighted by atomic mass is 32.2. The first-order valence-electron chi connectivity index (χ1n) is 7.02. The summed E-state index contributed by atoms with van der Waals surface area (Å²) in [5.74, 6) is 0.870. The molecule has 106 valence electrons. The fraction of sp³-hybridized carbons (Fsp3) is 0.167. The molecule has 2 nitrogen and oxygen atoms in total. The van der Waals surface area contributed by atoms with E-state index in [0.717, 1.165) is 22.2 Å². The third-order valence-corrected chi connectivity index (χ3v) is 4.59. The summed E-state index contributed by atoms with van der Waals surface area (Å²) in [6.45, 7) is 2.11. The smallest absolute Gasteiger partial charge is 0.0702 e. The van der Waals surface area contributed by atoms with Gasteiger partial charge in [-0.15, -0.1) is 11.8 Å². The van der Waals surface area contributed by atoms with E-state index in [-0.39, 0.29) is 6.04 Å². The van der Waals surface area contributed by atoms with Crippen LogP contribution in [0.15, 0.2) is 65.7 Å². The summed E-state index contributed by atoms with van der Waals surface area (Å²) in [6.07, 6.45) is 1.82. The summed E-state index contributed by atoms with van der Waals surface area (Å²) in [5.41, 5.74) is 9.79. The molecule has 0 saturated carbocycles. The van der Waals surface area contributed by atoms with Gasteiger partial charge in [-0.25, -0.2) is 0 Å². The van der Waals surface area contributed by atoms with Crippen molar-refractivity contribution in [1.29, 1.82) is 0 Å². The van der Waals surface area contributed by atoms with Crippen molar-refractivity contribution < 1.29 is 0 Å². The molecule has 2 aromatic carbocycles. The number of nitrogens with zero attached hydrogens (tertiary/aromatic N) is 1. The maximum Gasteiger partial charge on any atom is 0.0702 e. The van der Waals surface area contributed by atoms with Gasteiger partial charge in [-0.05, 0) is 42.8 Å². The third kappa shape index (κ3) is 3.43. The van der Waals surface area contributed by atoms with Crippen LogP contribution in [-0.4, -0.2) is 10.7 Å². The van der Waals surface area contributed by atoms with Crippen molar-refractivity contribution in [2.45, 2.75) is 17.9 Å². The first-order chi connectivity index (χ1) is 10.2. The highest BCUT2D eigenvalue weighted by molar-refractivity contribution is 7.99. The lowest BCUT2D eigenvalue weighted by Gasteiger charge is -2.12. The Kier molecular flexibility index (Phi) is 4.23. The zero-order valence-electron chi connectivity index (χ0n) is 12.0. The van der Waals surface area contributed by atoms with Crippen LogP contribution in [0.4, 0.5) is 0 Å². The minimum Gasteiger partial charge on any atom is -0.323 e. The number of pyridine rings is 1. The van der Waals surface area contributed by atoms with Crippen LogP contribution >= 0.6 is 11.8 Å². The quantitative estimate of drug-likeness (QED) is 0.728. The fourth-order valence-corrected chi connectivity index (χ4v) is 3.32. The molecule has 0 aliphatic heterocycles. The third-order valence-electron chi connectivity index (χ3n) is 3.47. The van der Waals surface area contributed by atoms with Gasteiger partial charge in [-0.1, -0.05) is 29.8 Å². The summed E-state index contributed by atoms with van der Waals surface area (Å²) in [6, 6.07) is 18.9. The number of hydrogen-bond donors (Lipinski definition) is 1. The Morgan fingerprint density at radius 3 is 2.86 bits per heavy atom. The second-order valence-electron chi connectivity index (χ2n) is 5.19. The number of benzene rings is 2. The molecule has 0 radical (unpaired) electrons. The van der Waals surface area contributed by atoms with Gasteiger partial charge in [0.15, 0.2) is 0 Å². The van der Waals surface area contributed by atoms with Crippen LogP contribution in [0, 0.1) is 6.92 Å². The largest absolute Gasteiger partial charge is 0.323 e. The molecule has 1 atom stereocenters. The highest BCUT2D eigenvalue weighted by Gasteiger charge is 2.08. The highest BCUT2D eigenvalue weighted by Crippen LogP contribution is 2.25. The van der Waals surface area contributed by atoms with E-state index in [1.807, 2.05) is 18.3 Å². The number of hydrogen-bond acceptors (Lipinski definition) is 3. The maximum atomic E-state index is 6.33. The average molecular weight is 294 g/mol. The van der Waals surface area contributed by atoms with Crippen molar-refractivity contribution in [3.63, 3.8) is 0 Å². The van der Waals surface area contributed by atoms with Crippen molar-refractivity contribution in [2.75, 3.05) is 5.75 Å². The van der Waals surface area contributed by atoms with Gasteiger partial charge >= 0.3 is 0 Å². The molecule has 0 bridgehead atoms. The van der Waals surface area contributed by atoms with Crippen molar-refractivity contribution in [3.05, 3.63) is 71.9 Å². The van der Waals surface area contributed by atoms with E-state index in [4.69, 9.17) is 5.73 Å². The number of aromatic nitrogens is 1. The monoisotopic (exact) mass is 294 g/mol. The molecule has 2 N–H and O–H groups in total. The summed E-state index contributed by atoms with van der Waals surface area (Å²) in [5, 5.41) is 1.14. The average Bonchev–Trinajstić information content (AvgIpc) is 2.52. The zero-order chi connectivity index (χ0) is 14.7. The summed E-state index contributed by atoms with van der Waals surface area (Å²) in [4.78, 5) is 5.61. The Balaban J connectivity index is 1.73. The maximum absolute atomic E-state index is 6.33. The number of fused-ring (bicyclic) bond motifs is 1. The van der Waals surface area contributed by atoms with E-state index in [1.165, 1.54) is 10.5 Å². The molecule has 0 fully saturated rings. The summed E-state index contributed by atoms with van der Waals surface area (Å²) in [7, 11) is 0. The topological polar surface area (TPSA) is 38.9 Å². The van der Waals surface area contributed by atoms with Crippen LogP contribution < -0.4 is 5.73 Å². The lowest BCUT2D eigenvalue weighted by molar-refractivity contribution is 0.833. The lowest BCUT2D eigenvalue weighted by Crippen LogP contribution is -2.12. The van der Waals surface area contributed by atoms with E-state index in [9.17, 15) is 0 Å². The second-order valence-corrected chi connectivity index (χ2v) is 6.28. The van der Waals surface area contributed by atoms with Gasteiger partial charge in [-0.3, -0.25) is 4.98 Å². The SMILES string of the molecule is Cc1cccc(SCC(N)c2ccc3ncccc3c2)c1. The first kappa shape index (κ1) is 14.1. The van der Waals surface area contributed by atoms with Gasteiger partial charge in [0.25, 0.3) is 0 Å². The van der Waals surface area contributed by atoms with Gasteiger partial charge in [0.2, 0.25) is 0 Å². The molecular formula is C18H18N2S. The van der Waals surface area contributed by atoms with Crippen molar-refractivity contribution in [2.24, 2.45) is 5.73 Å². The number of nitrogens with two attached hydrogens (primary N) is 1. The molecule has 0 saturated heterocycles. The molecule has 21 heavy (non-hydrogen) atoms. The van der Waals surface area contributed by atoms with Gasteiger partial charge in [0.1, 0.15) is 0 Å². The van der Waals surface area contributed by atoms with Crippen molar-refractivity contribution >= 4 is 22.7 Å². The van der Waals surface area contributed by atoms with Crippen molar-refractivity contribution in [3.8, 4) is 0 Å². The second kappa shape index (κ2) is 6.29. The van der Waals surface area contributed by atoms with Crippen LogP contribution in [0.5, 0.6) is 0 Å². The Morgan fingerprint density at radius 2 is 2.00 bits per heavy atom. The minimum atomic E-state index is 0.0279. The van der Waals surface area contributed by atoms with E-state index in [0.29, 0.717) is 0 Å². The molecule has 1 aromatic heterocycles. The van der Waals surface area contributed by atoms with E-state index in [2.05, 4.69) is 54.4 Å². The summed E-state index contributed by atoms with van der Waals surface area (Å²) < 4.78 is 0. The van der Waals surface area contributed by atoms with Crippen LogP contribution in [0.25, 0.3) is 10.9 Å². The van der Waals surface area contributed by atoms with Crippen molar-refractivity contribution in [1.82, 2.24) is 4.98 Å². The molecule has 0 amide bonds. The summed E-state index contributed by atoms with van der Waals surface area (Å²) >= 11 is 1.80. The molecule has 3 aromatic rings. The van der Waals surface area contributed by atoms with Gasteiger partial charge in [0, 0.05) is 28.3 Å². The first-order valence-corrected chi connectivity index (χ1v) is 8.01. The van der Waals surface area contributed by atoms with Gasteiger partial charge in [0.05, 0.1) is 5.52 Å².